The van der Waals surface area contributed by atoms with Crippen LogP contribution < -0.4 is 10.3 Å². The van der Waals surface area contributed by atoms with Crippen LogP contribution in [0.1, 0.15) is 18.5 Å². The van der Waals surface area contributed by atoms with E-state index in [1.807, 2.05) is 0 Å². The van der Waals surface area contributed by atoms with Gasteiger partial charge in [-0.2, -0.15) is 0 Å². The van der Waals surface area contributed by atoms with Crippen molar-refractivity contribution in [1.82, 2.24) is 9.47 Å². The van der Waals surface area contributed by atoms with Crippen molar-refractivity contribution >= 4 is 15.9 Å². The summed E-state index contributed by atoms with van der Waals surface area (Å²) in [5.41, 5.74) is 0.930. The summed E-state index contributed by atoms with van der Waals surface area (Å²) in [4.78, 5) is 25.1. The Morgan fingerprint density at radius 2 is 1.75 bits per heavy atom. The second kappa shape index (κ2) is 7.67. The Morgan fingerprint density at radius 1 is 1.14 bits per heavy atom. The Bertz CT molecular complexity index is 1040. The van der Waals surface area contributed by atoms with Crippen molar-refractivity contribution in [3.8, 4) is 11.4 Å². The summed E-state index contributed by atoms with van der Waals surface area (Å²) in [6.45, 7) is 2.58. The highest BCUT2D eigenvalue weighted by Gasteiger charge is 2.23. The second-order valence-electron chi connectivity index (χ2n) is 6.86. The standard InChI is InChI=1S/C19H22N2O6S/c1-13-11-16(27-15-7-9-20(10-8-15)19(23)24)12-18(22)21(13)14-3-5-17(6-4-14)28(2,25)26/h3-6,11-12,15H,7-10H2,1-2H3,(H,23,24). The molecule has 0 radical (unpaired) electrons. The Balaban J connectivity index is 1.78. The maximum Gasteiger partial charge on any atom is 0.407 e. The van der Waals surface area contributed by atoms with Crippen LogP contribution in [-0.2, 0) is 9.84 Å². The summed E-state index contributed by atoms with van der Waals surface area (Å²) in [6.07, 6.45) is 1.20. The van der Waals surface area contributed by atoms with E-state index < -0.39 is 15.9 Å². The molecule has 0 aliphatic carbocycles. The minimum atomic E-state index is -3.30. The normalized spacial score (nSPS) is 15.4. The molecule has 0 atom stereocenters. The Kier molecular flexibility index (Phi) is 5.46. The average Bonchev–Trinajstić information content (AvgIpc) is 2.61. The average molecular weight is 406 g/mol. The highest BCUT2D eigenvalue weighted by atomic mass is 32.2. The molecule has 1 N–H and O–H groups in total. The van der Waals surface area contributed by atoms with E-state index in [1.54, 1.807) is 25.1 Å². The van der Waals surface area contributed by atoms with E-state index in [1.165, 1.54) is 27.7 Å². The molecule has 1 amide bonds. The molecule has 0 bridgehead atoms. The number of benzene rings is 1. The summed E-state index contributed by atoms with van der Waals surface area (Å²) in [5, 5.41) is 9.00. The molecule has 1 saturated heterocycles. The number of likely N-dealkylation sites (tertiary alicyclic amines) is 1. The first-order valence-corrected chi connectivity index (χ1v) is 10.7. The van der Waals surface area contributed by atoms with E-state index in [9.17, 15) is 18.0 Å². The second-order valence-corrected chi connectivity index (χ2v) is 8.87. The molecule has 0 spiro atoms. The minimum Gasteiger partial charge on any atom is -0.490 e. The lowest BCUT2D eigenvalue weighted by molar-refractivity contribution is 0.0893. The number of carbonyl (C=O) groups is 1. The highest BCUT2D eigenvalue weighted by molar-refractivity contribution is 7.90. The third-order valence-corrected chi connectivity index (χ3v) is 5.86. The smallest absolute Gasteiger partial charge is 0.407 e. The van der Waals surface area contributed by atoms with Gasteiger partial charge in [-0.05, 0) is 31.2 Å². The summed E-state index contributed by atoms with van der Waals surface area (Å²) < 4.78 is 30.5. The maximum absolute atomic E-state index is 12.6. The molecule has 0 saturated carbocycles. The zero-order valence-electron chi connectivity index (χ0n) is 15.7. The number of rotatable bonds is 4. The molecule has 1 aromatic heterocycles. The highest BCUT2D eigenvalue weighted by Crippen LogP contribution is 2.21. The van der Waals surface area contributed by atoms with Crippen molar-refractivity contribution in [3.63, 3.8) is 0 Å². The number of nitrogens with zero attached hydrogens (tertiary/aromatic N) is 2. The Labute approximate surface area is 162 Å². The van der Waals surface area contributed by atoms with Gasteiger partial charge in [-0.15, -0.1) is 0 Å². The van der Waals surface area contributed by atoms with Crippen molar-refractivity contribution in [2.24, 2.45) is 0 Å². The quantitative estimate of drug-likeness (QED) is 0.833. The van der Waals surface area contributed by atoms with E-state index in [4.69, 9.17) is 9.84 Å². The molecule has 1 fully saturated rings. The van der Waals surface area contributed by atoms with Crippen LogP contribution in [0.4, 0.5) is 4.79 Å². The first-order valence-electron chi connectivity index (χ1n) is 8.84. The first-order chi connectivity index (χ1) is 13.1. The third-order valence-electron chi connectivity index (χ3n) is 4.73. The molecule has 2 aromatic rings. The molecule has 9 heteroatoms. The van der Waals surface area contributed by atoms with Crippen molar-refractivity contribution in [3.05, 3.63) is 52.4 Å². The molecule has 150 valence electrons. The van der Waals surface area contributed by atoms with Gasteiger partial charge in [-0.1, -0.05) is 0 Å². The molecular weight excluding hydrogens is 384 g/mol. The lowest BCUT2D eigenvalue weighted by Gasteiger charge is -2.30. The van der Waals surface area contributed by atoms with Crippen LogP contribution in [-0.4, -0.2) is 54.5 Å². The predicted octanol–water partition coefficient (Wildman–Crippen LogP) is 2.07. The van der Waals surface area contributed by atoms with E-state index in [2.05, 4.69) is 0 Å². The number of hydrogen-bond donors (Lipinski definition) is 1. The number of hydrogen-bond acceptors (Lipinski definition) is 5. The van der Waals surface area contributed by atoms with E-state index in [-0.39, 0.29) is 16.6 Å². The van der Waals surface area contributed by atoms with Crippen LogP contribution in [0.25, 0.3) is 5.69 Å². The molecule has 1 aliphatic heterocycles. The van der Waals surface area contributed by atoms with Crippen molar-refractivity contribution in [2.45, 2.75) is 30.8 Å². The van der Waals surface area contributed by atoms with Gasteiger partial charge in [-0.25, -0.2) is 13.2 Å². The van der Waals surface area contributed by atoms with Gasteiger partial charge in [0.1, 0.15) is 11.9 Å². The molecule has 3 rings (SSSR count). The van der Waals surface area contributed by atoms with E-state index in [0.717, 1.165) is 6.26 Å². The third kappa shape index (κ3) is 4.36. The van der Waals surface area contributed by atoms with Crippen molar-refractivity contribution < 1.29 is 23.1 Å². The number of aryl methyl sites for hydroxylation is 1. The number of ether oxygens (including phenoxy) is 1. The maximum atomic E-state index is 12.6. The van der Waals surface area contributed by atoms with Gasteiger partial charge >= 0.3 is 6.09 Å². The van der Waals surface area contributed by atoms with Crippen LogP contribution in [0.15, 0.2) is 46.1 Å². The minimum absolute atomic E-state index is 0.140. The molecule has 2 heterocycles. The summed E-state index contributed by atoms with van der Waals surface area (Å²) in [6, 6.07) is 9.25. The van der Waals surface area contributed by atoms with Gasteiger partial charge in [0.15, 0.2) is 9.84 Å². The predicted molar refractivity (Wildman–Crippen MR) is 103 cm³/mol. The number of piperidine rings is 1. The molecule has 1 aliphatic rings. The fourth-order valence-corrected chi connectivity index (χ4v) is 3.90. The fourth-order valence-electron chi connectivity index (χ4n) is 3.27. The van der Waals surface area contributed by atoms with Crippen LogP contribution in [0.2, 0.25) is 0 Å². The molecule has 1 aromatic carbocycles. The van der Waals surface area contributed by atoms with Crippen LogP contribution >= 0.6 is 0 Å². The first kappa shape index (κ1) is 19.9. The van der Waals surface area contributed by atoms with Crippen LogP contribution in [0, 0.1) is 6.92 Å². The van der Waals surface area contributed by atoms with Crippen molar-refractivity contribution in [2.75, 3.05) is 19.3 Å². The monoisotopic (exact) mass is 406 g/mol. The van der Waals surface area contributed by atoms with Crippen LogP contribution in [0.5, 0.6) is 5.75 Å². The van der Waals surface area contributed by atoms with Gasteiger partial charge in [0.2, 0.25) is 0 Å². The number of pyridine rings is 1. The fraction of sp³-hybridized carbons (Fsp3) is 0.368. The lowest BCUT2D eigenvalue weighted by atomic mass is 10.1. The van der Waals surface area contributed by atoms with Gasteiger partial charge in [-0.3, -0.25) is 9.36 Å². The van der Waals surface area contributed by atoms with E-state index in [0.29, 0.717) is 43.1 Å². The number of sulfone groups is 1. The molecule has 8 nitrogen and oxygen atoms in total. The largest absolute Gasteiger partial charge is 0.490 e. The van der Waals surface area contributed by atoms with Gasteiger partial charge in [0.25, 0.3) is 5.56 Å². The SMILES string of the molecule is Cc1cc(OC2CCN(C(=O)O)CC2)cc(=O)n1-c1ccc(S(C)(=O)=O)cc1. The molecular formula is C19H22N2O6S. The Morgan fingerprint density at radius 3 is 2.25 bits per heavy atom. The van der Waals surface area contributed by atoms with Gasteiger partial charge in [0.05, 0.1) is 4.90 Å². The number of amides is 1. The zero-order valence-corrected chi connectivity index (χ0v) is 16.5. The van der Waals surface area contributed by atoms with Crippen molar-refractivity contribution in [1.29, 1.82) is 0 Å². The number of carboxylic acid groups (broad SMARTS) is 1. The van der Waals surface area contributed by atoms with Gasteiger partial charge < -0.3 is 14.7 Å². The Hall–Kier alpha value is -2.81. The number of aromatic nitrogens is 1. The summed E-state index contributed by atoms with van der Waals surface area (Å²) in [7, 11) is -3.30. The zero-order chi connectivity index (χ0) is 20.5. The molecule has 28 heavy (non-hydrogen) atoms. The lowest BCUT2D eigenvalue weighted by Crippen LogP contribution is -2.41. The van der Waals surface area contributed by atoms with Gasteiger partial charge in [0, 0.05) is 55.7 Å². The van der Waals surface area contributed by atoms with Crippen LogP contribution in [0.3, 0.4) is 0 Å². The van der Waals surface area contributed by atoms with E-state index >= 15 is 0 Å². The molecule has 0 unspecified atom stereocenters. The topological polar surface area (TPSA) is 106 Å². The summed E-state index contributed by atoms with van der Waals surface area (Å²) in [5.74, 6) is 0.445. The summed E-state index contributed by atoms with van der Waals surface area (Å²) >= 11 is 0.